The molecule has 0 radical (unpaired) electrons. The van der Waals surface area contributed by atoms with Crippen LogP contribution in [0.25, 0.3) is 0 Å². The molecule has 2 heterocycles. The summed E-state index contributed by atoms with van der Waals surface area (Å²) in [6.07, 6.45) is -0.827. The Morgan fingerprint density at radius 1 is 1.05 bits per heavy atom. The zero-order chi connectivity index (χ0) is 15.4. The predicted octanol–water partition coefficient (Wildman–Crippen LogP) is 1.67. The highest BCUT2D eigenvalue weighted by molar-refractivity contribution is 5.82. The molecule has 21 heavy (non-hydrogen) atoms. The van der Waals surface area contributed by atoms with E-state index in [4.69, 9.17) is 4.74 Å². The topological polar surface area (TPSA) is 49.9 Å². The summed E-state index contributed by atoms with van der Waals surface area (Å²) in [6.45, 7) is 8.11. The van der Waals surface area contributed by atoms with Crippen molar-refractivity contribution in [3.8, 4) is 0 Å². The molecule has 4 atom stereocenters. The molecular weight excluding hydrogens is 275 g/mol. The van der Waals surface area contributed by atoms with Crippen molar-refractivity contribution >= 4 is 12.0 Å². The number of carbonyl (C=O) groups is 2. The number of likely N-dealkylation sites (tertiary alicyclic amines) is 2. The summed E-state index contributed by atoms with van der Waals surface area (Å²) in [7, 11) is 0. The number of amides is 2. The number of nitrogens with zero attached hydrogens (tertiary/aromatic N) is 2. The Morgan fingerprint density at radius 2 is 1.52 bits per heavy atom. The van der Waals surface area contributed by atoms with Crippen molar-refractivity contribution in [2.45, 2.75) is 39.0 Å². The molecule has 4 unspecified atom stereocenters. The SMILES string of the molecule is CC(C)(C)OC(=O)N1CC2CN(C(=O)C3CC3F)CC2C1. The Labute approximate surface area is 124 Å². The standard InChI is InChI=1S/C15H23FN2O3/c1-15(2,3)21-14(20)18-7-9-5-17(6-10(9)8-18)13(19)11-4-12(11)16/h9-12H,4-8H2,1-3H3. The van der Waals surface area contributed by atoms with Gasteiger partial charge in [-0.2, -0.15) is 0 Å². The van der Waals surface area contributed by atoms with E-state index in [9.17, 15) is 14.0 Å². The van der Waals surface area contributed by atoms with Crippen molar-refractivity contribution in [1.29, 1.82) is 0 Å². The predicted molar refractivity (Wildman–Crippen MR) is 74.4 cm³/mol. The molecule has 6 heteroatoms. The summed E-state index contributed by atoms with van der Waals surface area (Å²) in [5.41, 5.74) is -0.487. The maximum atomic E-state index is 13.0. The first-order valence-electron chi connectivity index (χ1n) is 7.65. The van der Waals surface area contributed by atoms with E-state index in [0.717, 1.165) is 0 Å². The second-order valence-electron chi connectivity index (χ2n) is 7.51. The average Bonchev–Trinajstić information content (AvgIpc) is 2.79. The van der Waals surface area contributed by atoms with Gasteiger partial charge in [-0.3, -0.25) is 4.79 Å². The third kappa shape index (κ3) is 2.99. The van der Waals surface area contributed by atoms with Crippen molar-refractivity contribution in [1.82, 2.24) is 9.80 Å². The fraction of sp³-hybridized carbons (Fsp3) is 0.867. The second kappa shape index (κ2) is 4.85. The van der Waals surface area contributed by atoms with Crippen LogP contribution in [-0.2, 0) is 9.53 Å². The summed E-state index contributed by atoms with van der Waals surface area (Å²) in [4.78, 5) is 27.6. The van der Waals surface area contributed by atoms with Crippen LogP contribution < -0.4 is 0 Å². The molecule has 2 amide bonds. The van der Waals surface area contributed by atoms with E-state index in [1.807, 2.05) is 20.8 Å². The Hall–Kier alpha value is -1.33. The van der Waals surface area contributed by atoms with Gasteiger partial charge in [0.1, 0.15) is 11.8 Å². The monoisotopic (exact) mass is 298 g/mol. The van der Waals surface area contributed by atoms with Crippen molar-refractivity contribution in [2.24, 2.45) is 17.8 Å². The molecule has 3 rings (SSSR count). The second-order valence-corrected chi connectivity index (χ2v) is 7.51. The molecule has 2 aliphatic heterocycles. The first kappa shape index (κ1) is 14.6. The van der Waals surface area contributed by atoms with Crippen LogP contribution in [-0.4, -0.2) is 59.8 Å². The lowest BCUT2D eigenvalue weighted by Gasteiger charge is -2.26. The van der Waals surface area contributed by atoms with Crippen LogP contribution in [0.1, 0.15) is 27.2 Å². The van der Waals surface area contributed by atoms with E-state index in [1.54, 1.807) is 9.80 Å². The molecule has 0 aromatic heterocycles. The Bertz CT molecular complexity index is 448. The number of ether oxygens (including phenoxy) is 1. The number of rotatable bonds is 1. The van der Waals surface area contributed by atoms with Crippen molar-refractivity contribution in [3.05, 3.63) is 0 Å². The van der Waals surface area contributed by atoms with Gasteiger partial charge in [0.25, 0.3) is 0 Å². The lowest BCUT2D eigenvalue weighted by molar-refractivity contribution is -0.132. The van der Waals surface area contributed by atoms with Gasteiger partial charge in [0.2, 0.25) is 5.91 Å². The summed E-state index contributed by atoms with van der Waals surface area (Å²) in [5.74, 6) is 0.170. The molecule has 1 saturated carbocycles. The maximum absolute atomic E-state index is 13.0. The van der Waals surface area contributed by atoms with Gasteiger partial charge in [0, 0.05) is 38.0 Å². The summed E-state index contributed by atoms with van der Waals surface area (Å²) in [5, 5.41) is 0. The largest absolute Gasteiger partial charge is 0.444 e. The molecule has 0 spiro atoms. The summed E-state index contributed by atoms with van der Waals surface area (Å²) >= 11 is 0. The first-order valence-corrected chi connectivity index (χ1v) is 7.65. The Kier molecular flexibility index (Phi) is 3.37. The van der Waals surface area contributed by atoms with Gasteiger partial charge in [-0.05, 0) is 27.2 Å². The third-order valence-corrected chi connectivity index (χ3v) is 4.48. The van der Waals surface area contributed by atoms with E-state index < -0.39 is 17.7 Å². The van der Waals surface area contributed by atoms with E-state index in [0.29, 0.717) is 44.4 Å². The molecule has 5 nitrogen and oxygen atoms in total. The highest BCUT2D eigenvalue weighted by atomic mass is 19.1. The minimum absolute atomic E-state index is 0.0410. The van der Waals surface area contributed by atoms with E-state index in [-0.39, 0.29) is 12.0 Å². The van der Waals surface area contributed by atoms with E-state index >= 15 is 0 Å². The Balaban J connectivity index is 1.52. The van der Waals surface area contributed by atoms with Crippen LogP contribution >= 0.6 is 0 Å². The van der Waals surface area contributed by atoms with Gasteiger partial charge >= 0.3 is 6.09 Å². The molecule has 0 aromatic rings. The van der Waals surface area contributed by atoms with E-state index in [2.05, 4.69) is 0 Å². The minimum atomic E-state index is -0.934. The van der Waals surface area contributed by atoms with Gasteiger partial charge < -0.3 is 14.5 Å². The van der Waals surface area contributed by atoms with Gasteiger partial charge in [-0.15, -0.1) is 0 Å². The quantitative estimate of drug-likeness (QED) is 0.740. The fourth-order valence-electron chi connectivity index (χ4n) is 3.30. The number of fused-ring (bicyclic) bond motifs is 1. The number of hydrogen-bond donors (Lipinski definition) is 0. The zero-order valence-corrected chi connectivity index (χ0v) is 12.8. The minimum Gasteiger partial charge on any atom is -0.444 e. The average molecular weight is 298 g/mol. The van der Waals surface area contributed by atoms with Gasteiger partial charge in [-0.1, -0.05) is 0 Å². The van der Waals surface area contributed by atoms with Crippen LogP contribution in [0.2, 0.25) is 0 Å². The zero-order valence-electron chi connectivity index (χ0n) is 12.8. The first-order chi connectivity index (χ1) is 9.74. The molecule has 118 valence electrons. The van der Waals surface area contributed by atoms with Crippen LogP contribution in [0.15, 0.2) is 0 Å². The molecule has 0 bridgehead atoms. The van der Waals surface area contributed by atoms with Crippen LogP contribution in [0.5, 0.6) is 0 Å². The lowest BCUT2D eigenvalue weighted by atomic mass is 10.0. The summed E-state index contributed by atoms with van der Waals surface area (Å²) in [6, 6.07) is 0. The van der Waals surface area contributed by atoms with Gasteiger partial charge in [-0.25, -0.2) is 9.18 Å². The summed E-state index contributed by atoms with van der Waals surface area (Å²) < 4.78 is 18.4. The third-order valence-electron chi connectivity index (χ3n) is 4.48. The van der Waals surface area contributed by atoms with Crippen LogP contribution in [0.4, 0.5) is 9.18 Å². The molecule has 1 aliphatic carbocycles. The van der Waals surface area contributed by atoms with Crippen molar-refractivity contribution < 1.29 is 18.7 Å². The number of hydrogen-bond acceptors (Lipinski definition) is 3. The molecule has 2 saturated heterocycles. The fourth-order valence-corrected chi connectivity index (χ4v) is 3.30. The van der Waals surface area contributed by atoms with Crippen LogP contribution in [0.3, 0.4) is 0 Å². The number of carbonyl (C=O) groups excluding carboxylic acids is 2. The lowest BCUT2D eigenvalue weighted by Crippen LogP contribution is -2.39. The number of halogens is 1. The Morgan fingerprint density at radius 3 is 1.95 bits per heavy atom. The van der Waals surface area contributed by atoms with Gasteiger partial charge in [0.15, 0.2) is 0 Å². The van der Waals surface area contributed by atoms with Gasteiger partial charge in [0.05, 0.1) is 5.92 Å². The van der Waals surface area contributed by atoms with Crippen molar-refractivity contribution in [2.75, 3.05) is 26.2 Å². The molecule has 3 fully saturated rings. The number of alkyl halides is 1. The molecule has 0 aromatic carbocycles. The smallest absolute Gasteiger partial charge is 0.410 e. The highest BCUT2D eigenvalue weighted by Gasteiger charge is 2.50. The maximum Gasteiger partial charge on any atom is 0.410 e. The molecule has 0 N–H and O–H groups in total. The normalized spacial score (nSPS) is 34.9. The molecule has 3 aliphatic rings. The van der Waals surface area contributed by atoms with E-state index in [1.165, 1.54) is 0 Å². The highest BCUT2D eigenvalue weighted by Crippen LogP contribution is 2.39. The van der Waals surface area contributed by atoms with Crippen molar-refractivity contribution in [3.63, 3.8) is 0 Å². The van der Waals surface area contributed by atoms with Crippen LogP contribution in [0, 0.1) is 17.8 Å². The molecular formula is C15H23FN2O3.